The summed E-state index contributed by atoms with van der Waals surface area (Å²) in [6, 6.07) is 12.4. The van der Waals surface area contributed by atoms with Crippen LogP contribution in [0, 0.1) is 0 Å². The second kappa shape index (κ2) is 8.61. The van der Waals surface area contributed by atoms with Crippen LogP contribution < -0.4 is 14.8 Å². The summed E-state index contributed by atoms with van der Waals surface area (Å²) in [5, 5.41) is 12.0. The zero-order valence-corrected chi connectivity index (χ0v) is 15.8. The van der Waals surface area contributed by atoms with E-state index in [4.69, 9.17) is 9.47 Å². The van der Waals surface area contributed by atoms with Gasteiger partial charge in [-0.2, -0.15) is 0 Å². The van der Waals surface area contributed by atoms with E-state index in [9.17, 15) is 14.7 Å². The average molecular weight is 381 g/mol. The molecule has 0 spiro atoms. The number of ether oxygens (including phenoxy) is 2. The molecule has 0 bridgehead atoms. The molecule has 6 nitrogen and oxygen atoms in total. The first kappa shape index (κ1) is 19.5. The molecule has 146 valence electrons. The van der Waals surface area contributed by atoms with Gasteiger partial charge in [0.1, 0.15) is 0 Å². The third-order valence-electron chi connectivity index (χ3n) is 4.52. The van der Waals surface area contributed by atoms with E-state index >= 15 is 0 Å². The minimum atomic E-state index is -0.974. The maximum atomic E-state index is 12.3. The van der Waals surface area contributed by atoms with E-state index < -0.39 is 12.0 Å². The Balaban J connectivity index is 1.69. The Morgan fingerprint density at radius 3 is 2.43 bits per heavy atom. The second-order valence-electron chi connectivity index (χ2n) is 6.93. The molecule has 2 aromatic carbocycles. The zero-order valence-electron chi connectivity index (χ0n) is 15.8. The Morgan fingerprint density at radius 2 is 1.75 bits per heavy atom. The van der Waals surface area contributed by atoms with Crippen LogP contribution in [0.25, 0.3) is 6.08 Å². The highest BCUT2D eigenvalue weighted by atomic mass is 16.7. The van der Waals surface area contributed by atoms with Crippen LogP contribution in [0.2, 0.25) is 0 Å². The van der Waals surface area contributed by atoms with Crippen molar-refractivity contribution in [3.8, 4) is 11.5 Å². The predicted molar refractivity (Wildman–Crippen MR) is 105 cm³/mol. The van der Waals surface area contributed by atoms with Gasteiger partial charge in [0.15, 0.2) is 11.5 Å². The lowest BCUT2D eigenvalue weighted by molar-refractivity contribution is -0.137. The van der Waals surface area contributed by atoms with Crippen LogP contribution in [0.1, 0.15) is 48.9 Å². The van der Waals surface area contributed by atoms with Crippen molar-refractivity contribution in [1.82, 2.24) is 5.32 Å². The number of carbonyl (C=O) groups is 2. The van der Waals surface area contributed by atoms with Gasteiger partial charge in [0, 0.05) is 6.08 Å². The van der Waals surface area contributed by atoms with Crippen molar-refractivity contribution in [3.63, 3.8) is 0 Å². The van der Waals surface area contributed by atoms with Gasteiger partial charge < -0.3 is 19.9 Å². The first-order valence-corrected chi connectivity index (χ1v) is 9.12. The molecule has 0 aliphatic carbocycles. The number of hydrogen-bond acceptors (Lipinski definition) is 4. The summed E-state index contributed by atoms with van der Waals surface area (Å²) in [5.74, 6) is 0.352. The molecule has 0 radical (unpaired) electrons. The largest absolute Gasteiger partial charge is 0.481 e. The summed E-state index contributed by atoms with van der Waals surface area (Å²) < 4.78 is 10.6. The third-order valence-corrected chi connectivity index (χ3v) is 4.52. The topological polar surface area (TPSA) is 84.9 Å². The molecule has 6 heteroatoms. The maximum absolute atomic E-state index is 12.3. The average Bonchev–Trinajstić information content (AvgIpc) is 3.13. The van der Waals surface area contributed by atoms with Crippen molar-refractivity contribution in [2.75, 3.05) is 6.79 Å². The number of hydrogen-bond donors (Lipinski definition) is 2. The van der Waals surface area contributed by atoms with Gasteiger partial charge in [-0.05, 0) is 40.8 Å². The number of carboxylic acids is 1. The minimum Gasteiger partial charge on any atom is -0.481 e. The molecule has 28 heavy (non-hydrogen) atoms. The molecule has 0 saturated carbocycles. The molecule has 1 amide bonds. The van der Waals surface area contributed by atoms with E-state index in [1.807, 2.05) is 30.3 Å². The number of carboxylic acid groups (broad SMARTS) is 1. The van der Waals surface area contributed by atoms with Gasteiger partial charge in [-0.25, -0.2) is 0 Å². The summed E-state index contributed by atoms with van der Waals surface area (Å²) in [5.41, 5.74) is 2.71. The molecule has 2 N–H and O–H groups in total. The number of fused-ring (bicyclic) bond motifs is 1. The van der Waals surface area contributed by atoms with E-state index in [1.165, 1.54) is 6.08 Å². The molecular formula is C22H23NO5. The molecule has 1 aliphatic heterocycles. The van der Waals surface area contributed by atoms with Crippen LogP contribution in [0.3, 0.4) is 0 Å². The monoisotopic (exact) mass is 381 g/mol. The van der Waals surface area contributed by atoms with Crippen LogP contribution >= 0.6 is 0 Å². The Bertz CT molecular complexity index is 886. The SMILES string of the molecule is CC(C)c1ccc(C(CC(=O)O)NC(=O)/C=C/c2ccc3c(c2)OCO3)cc1. The molecule has 0 saturated heterocycles. The lowest BCUT2D eigenvalue weighted by atomic mass is 9.97. The smallest absolute Gasteiger partial charge is 0.305 e. The summed E-state index contributed by atoms with van der Waals surface area (Å²) >= 11 is 0. The van der Waals surface area contributed by atoms with Gasteiger partial charge >= 0.3 is 5.97 Å². The van der Waals surface area contributed by atoms with Gasteiger partial charge in [-0.3, -0.25) is 9.59 Å². The van der Waals surface area contributed by atoms with Crippen LogP contribution in [-0.4, -0.2) is 23.8 Å². The Labute approximate surface area is 163 Å². The van der Waals surface area contributed by atoms with E-state index in [0.717, 1.165) is 16.7 Å². The number of nitrogens with one attached hydrogen (secondary N) is 1. The number of aliphatic carboxylic acids is 1. The molecule has 2 aromatic rings. The van der Waals surface area contributed by atoms with Gasteiger partial charge in [0.05, 0.1) is 12.5 Å². The van der Waals surface area contributed by atoms with Gasteiger partial charge in [0.25, 0.3) is 0 Å². The number of rotatable bonds is 7. The van der Waals surface area contributed by atoms with Crippen molar-refractivity contribution in [2.24, 2.45) is 0 Å². The van der Waals surface area contributed by atoms with Crippen molar-refractivity contribution < 1.29 is 24.2 Å². The normalized spacial score (nSPS) is 13.7. The van der Waals surface area contributed by atoms with Crippen molar-refractivity contribution in [1.29, 1.82) is 0 Å². The first-order valence-electron chi connectivity index (χ1n) is 9.12. The van der Waals surface area contributed by atoms with E-state index in [0.29, 0.717) is 17.4 Å². The summed E-state index contributed by atoms with van der Waals surface area (Å²) in [6.45, 7) is 4.37. The lowest BCUT2D eigenvalue weighted by Gasteiger charge is -2.17. The van der Waals surface area contributed by atoms with Crippen LogP contribution in [-0.2, 0) is 9.59 Å². The summed E-state index contributed by atoms with van der Waals surface area (Å²) in [6.07, 6.45) is 2.84. The molecule has 0 aromatic heterocycles. The van der Waals surface area contributed by atoms with Crippen molar-refractivity contribution in [2.45, 2.75) is 32.2 Å². The highest BCUT2D eigenvalue weighted by Gasteiger charge is 2.18. The summed E-state index contributed by atoms with van der Waals surface area (Å²) in [7, 11) is 0. The number of carbonyl (C=O) groups excluding carboxylic acids is 1. The number of benzene rings is 2. The second-order valence-corrected chi connectivity index (χ2v) is 6.93. The third kappa shape index (κ3) is 4.91. The highest BCUT2D eigenvalue weighted by molar-refractivity contribution is 5.92. The van der Waals surface area contributed by atoms with Crippen LogP contribution in [0.4, 0.5) is 0 Å². The van der Waals surface area contributed by atoms with Gasteiger partial charge in [-0.15, -0.1) is 0 Å². The van der Waals surface area contributed by atoms with Crippen LogP contribution in [0.15, 0.2) is 48.5 Å². The Morgan fingerprint density at radius 1 is 1.07 bits per heavy atom. The lowest BCUT2D eigenvalue weighted by Crippen LogP contribution is -2.28. The molecule has 1 unspecified atom stereocenters. The quantitative estimate of drug-likeness (QED) is 0.711. The molecule has 1 aliphatic rings. The van der Waals surface area contributed by atoms with Gasteiger partial charge in [0.2, 0.25) is 12.7 Å². The molecular weight excluding hydrogens is 358 g/mol. The fourth-order valence-electron chi connectivity index (χ4n) is 2.95. The van der Waals surface area contributed by atoms with E-state index in [-0.39, 0.29) is 19.1 Å². The Kier molecular flexibility index (Phi) is 5.99. The molecule has 3 rings (SSSR count). The fourth-order valence-corrected chi connectivity index (χ4v) is 2.95. The molecule has 0 fully saturated rings. The van der Waals surface area contributed by atoms with E-state index in [2.05, 4.69) is 19.2 Å². The molecule has 1 heterocycles. The first-order chi connectivity index (χ1) is 13.4. The Hall–Kier alpha value is -3.28. The predicted octanol–water partition coefficient (Wildman–Crippen LogP) is 3.88. The minimum absolute atomic E-state index is 0.190. The van der Waals surface area contributed by atoms with Crippen molar-refractivity contribution >= 4 is 18.0 Å². The standard InChI is InChI=1S/C22H23NO5/c1-14(2)16-5-7-17(8-6-16)18(12-22(25)26)23-21(24)10-4-15-3-9-19-20(11-15)28-13-27-19/h3-11,14,18H,12-13H2,1-2H3,(H,23,24)(H,25,26)/b10-4+. The fraction of sp³-hybridized carbons (Fsp3) is 0.273. The van der Waals surface area contributed by atoms with Crippen LogP contribution in [0.5, 0.6) is 11.5 Å². The van der Waals surface area contributed by atoms with Gasteiger partial charge in [-0.1, -0.05) is 44.2 Å². The van der Waals surface area contributed by atoms with Crippen molar-refractivity contribution in [3.05, 3.63) is 65.2 Å². The zero-order chi connectivity index (χ0) is 20.1. The summed E-state index contributed by atoms with van der Waals surface area (Å²) in [4.78, 5) is 23.6. The molecule has 1 atom stereocenters. The number of amides is 1. The highest BCUT2D eigenvalue weighted by Crippen LogP contribution is 2.32. The van der Waals surface area contributed by atoms with E-state index in [1.54, 1.807) is 18.2 Å². The maximum Gasteiger partial charge on any atom is 0.305 e.